The molecule has 3 N–H and O–H groups in total. The Morgan fingerprint density at radius 3 is 2.87 bits per heavy atom. The number of halogens is 1. The quantitative estimate of drug-likeness (QED) is 0.331. The first-order valence-electron chi connectivity index (χ1n) is 13.1. The van der Waals surface area contributed by atoms with Gasteiger partial charge in [-0.05, 0) is 45.5 Å². The van der Waals surface area contributed by atoms with E-state index in [1.54, 1.807) is 24.1 Å². The maximum atomic E-state index is 15.0. The van der Waals surface area contributed by atoms with Gasteiger partial charge in [-0.3, -0.25) is 14.4 Å². The van der Waals surface area contributed by atoms with Crippen molar-refractivity contribution in [2.75, 3.05) is 44.4 Å². The number of aryl methyl sites for hydroxylation is 1. The maximum Gasteiger partial charge on any atom is 0.256 e. The minimum Gasteiger partial charge on any atom is -0.478 e. The van der Waals surface area contributed by atoms with Gasteiger partial charge in [0.15, 0.2) is 5.82 Å². The second-order valence-corrected chi connectivity index (χ2v) is 10.3. The Bertz CT molecular complexity index is 1520. The smallest absolute Gasteiger partial charge is 0.256 e. The lowest BCUT2D eigenvalue weighted by Crippen LogP contribution is -2.46. The molecule has 39 heavy (non-hydrogen) atoms. The van der Waals surface area contributed by atoms with E-state index >= 15 is 0 Å². The van der Waals surface area contributed by atoms with E-state index in [1.165, 1.54) is 7.11 Å². The number of nitrogens with one attached hydrogen (secondary N) is 3. The molecule has 0 bridgehead atoms. The van der Waals surface area contributed by atoms with Crippen LogP contribution in [0.15, 0.2) is 36.8 Å². The van der Waals surface area contributed by atoms with Gasteiger partial charge >= 0.3 is 0 Å². The second-order valence-electron chi connectivity index (χ2n) is 10.3. The Morgan fingerprint density at radius 2 is 2.08 bits per heavy atom. The lowest BCUT2D eigenvalue weighted by Gasteiger charge is -2.29. The fourth-order valence-corrected chi connectivity index (χ4v) is 5.80. The van der Waals surface area contributed by atoms with Crippen LogP contribution in [-0.2, 0) is 11.8 Å². The third kappa shape index (κ3) is 4.81. The molecule has 1 amide bonds. The van der Waals surface area contributed by atoms with Crippen molar-refractivity contribution in [2.45, 2.75) is 31.3 Å². The van der Waals surface area contributed by atoms with Gasteiger partial charge in [0.1, 0.15) is 11.4 Å². The van der Waals surface area contributed by atoms with Crippen molar-refractivity contribution in [2.24, 2.45) is 7.05 Å². The van der Waals surface area contributed by atoms with Gasteiger partial charge in [0.2, 0.25) is 11.9 Å². The van der Waals surface area contributed by atoms with Gasteiger partial charge in [-0.1, -0.05) is 12.1 Å². The van der Waals surface area contributed by atoms with Crippen molar-refractivity contribution in [3.8, 4) is 17.1 Å². The first-order chi connectivity index (χ1) is 18.9. The number of hydrogen-bond donors (Lipinski definition) is 3. The largest absolute Gasteiger partial charge is 0.478 e. The number of benzene rings is 1. The number of fused-ring (bicyclic) bond motifs is 1. The van der Waals surface area contributed by atoms with Crippen molar-refractivity contribution in [1.29, 1.82) is 0 Å². The lowest BCUT2D eigenvalue weighted by molar-refractivity contribution is -0.121. The molecule has 1 aromatic carbocycles. The molecule has 0 radical (unpaired) electrons. The van der Waals surface area contributed by atoms with E-state index in [2.05, 4.69) is 47.5 Å². The number of ether oxygens (including phenoxy) is 1. The molecular weight excluding hydrogens is 501 g/mol. The number of likely N-dealkylation sites (N-methyl/N-ethyl adjacent to an activating group) is 1. The highest BCUT2D eigenvalue weighted by Gasteiger charge is 2.37. The van der Waals surface area contributed by atoms with Crippen LogP contribution < -0.4 is 15.4 Å². The van der Waals surface area contributed by atoms with Crippen LogP contribution in [0.25, 0.3) is 22.2 Å². The first-order valence-corrected chi connectivity index (χ1v) is 13.1. The Balaban J connectivity index is 1.26. The van der Waals surface area contributed by atoms with Crippen molar-refractivity contribution in [3.63, 3.8) is 0 Å². The van der Waals surface area contributed by atoms with E-state index in [4.69, 9.17) is 4.74 Å². The Labute approximate surface area is 225 Å². The summed E-state index contributed by atoms with van der Waals surface area (Å²) >= 11 is 0. The van der Waals surface area contributed by atoms with Crippen LogP contribution in [0, 0.1) is 5.82 Å². The molecule has 11 nitrogen and oxygen atoms in total. The Kier molecular flexibility index (Phi) is 6.65. The minimum absolute atomic E-state index is 0.00387. The average Bonchev–Trinajstić information content (AvgIpc) is 3.71. The summed E-state index contributed by atoms with van der Waals surface area (Å²) in [4.78, 5) is 29.9. The fourth-order valence-electron chi connectivity index (χ4n) is 5.80. The van der Waals surface area contributed by atoms with E-state index in [1.807, 2.05) is 18.2 Å². The molecule has 0 aliphatic carbocycles. The van der Waals surface area contributed by atoms with Gasteiger partial charge in [0.05, 0.1) is 36.7 Å². The zero-order chi connectivity index (χ0) is 27.1. The van der Waals surface area contributed by atoms with Gasteiger partial charge < -0.3 is 25.3 Å². The average molecular weight is 534 g/mol. The van der Waals surface area contributed by atoms with Gasteiger partial charge in [0, 0.05) is 36.8 Å². The van der Waals surface area contributed by atoms with Crippen molar-refractivity contribution >= 4 is 34.1 Å². The molecule has 0 unspecified atom stereocenters. The summed E-state index contributed by atoms with van der Waals surface area (Å²) in [5.41, 5.74) is 2.64. The standard InChI is InChI=1S/C27H32FN9O2/c1-35-11-9-16(14-35)37-10-5-8-22(37)25(38)31-20-7-4-6-17-18(12-29-24(17)20)23-19(28)13-30-27(33-23)32-21-15-36(2)34-26(21)39-3/h4,6-7,12-13,15-16,22,29H,5,8-11,14H2,1-3H3,(H,31,38)(H,30,32,33)/t16-,22+/m0/s1. The van der Waals surface area contributed by atoms with Crippen molar-refractivity contribution in [3.05, 3.63) is 42.6 Å². The highest BCUT2D eigenvalue weighted by Crippen LogP contribution is 2.34. The lowest BCUT2D eigenvalue weighted by atomic mass is 10.1. The number of anilines is 3. The summed E-state index contributed by atoms with van der Waals surface area (Å²) in [7, 11) is 5.42. The van der Waals surface area contributed by atoms with Crippen LogP contribution in [0.4, 0.5) is 21.7 Å². The molecule has 3 aromatic heterocycles. The number of H-pyrrole nitrogens is 1. The highest BCUT2D eigenvalue weighted by molar-refractivity contribution is 6.06. The fraction of sp³-hybridized carbons (Fsp3) is 0.407. The van der Waals surface area contributed by atoms with Crippen LogP contribution >= 0.6 is 0 Å². The third-order valence-electron chi connectivity index (χ3n) is 7.64. The normalized spacial score (nSPS) is 20.1. The molecule has 5 heterocycles. The van der Waals surface area contributed by atoms with E-state index < -0.39 is 5.82 Å². The molecule has 2 fully saturated rings. The maximum absolute atomic E-state index is 15.0. The number of hydrogen-bond acceptors (Lipinski definition) is 8. The zero-order valence-electron chi connectivity index (χ0n) is 22.2. The van der Waals surface area contributed by atoms with Gasteiger partial charge in [-0.2, -0.15) is 0 Å². The molecule has 2 aliphatic heterocycles. The number of para-hydroxylation sites is 1. The van der Waals surface area contributed by atoms with Gasteiger partial charge in [-0.15, -0.1) is 5.10 Å². The number of carbonyl (C=O) groups is 1. The summed E-state index contributed by atoms with van der Waals surface area (Å²) < 4.78 is 21.9. The van der Waals surface area contributed by atoms with Crippen LogP contribution in [-0.4, -0.2) is 86.3 Å². The molecule has 2 atom stereocenters. The van der Waals surface area contributed by atoms with E-state index in [9.17, 15) is 9.18 Å². The molecule has 204 valence electrons. The first kappa shape index (κ1) is 25.3. The molecule has 2 aliphatic rings. The number of aromatic amines is 1. The number of aromatic nitrogens is 5. The number of likely N-dealkylation sites (tertiary alicyclic amines) is 2. The minimum atomic E-state index is -0.558. The van der Waals surface area contributed by atoms with Crippen LogP contribution in [0.2, 0.25) is 0 Å². The van der Waals surface area contributed by atoms with Gasteiger partial charge in [-0.25, -0.2) is 14.4 Å². The Hall–Kier alpha value is -4.03. The summed E-state index contributed by atoms with van der Waals surface area (Å²) in [5.74, 6) is 0.0172. The molecule has 4 aromatic rings. The predicted octanol–water partition coefficient (Wildman–Crippen LogP) is 3.36. The zero-order valence-corrected chi connectivity index (χ0v) is 22.2. The molecule has 0 saturated carbocycles. The predicted molar refractivity (Wildman–Crippen MR) is 147 cm³/mol. The van der Waals surface area contributed by atoms with E-state index in [-0.39, 0.29) is 23.6 Å². The SMILES string of the molecule is COc1nn(C)cc1Nc1ncc(F)c(-c2c[nH]c3c(NC(=O)[C@H]4CCCN4[C@H]4CCN(C)C4)cccc23)n1. The third-order valence-corrected chi connectivity index (χ3v) is 7.64. The summed E-state index contributed by atoms with van der Waals surface area (Å²) in [6, 6.07) is 5.86. The van der Waals surface area contributed by atoms with Crippen LogP contribution in [0.1, 0.15) is 19.3 Å². The Morgan fingerprint density at radius 1 is 1.21 bits per heavy atom. The molecule has 12 heteroatoms. The second kappa shape index (κ2) is 10.3. The summed E-state index contributed by atoms with van der Waals surface area (Å²) in [6.45, 7) is 3.00. The number of rotatable bonds is 7. The molecule has 2 saturated heterocycles. The highest BCUT2D eigenvalue weighted by atomic mass is 19.1. The number of carbonyl (C=O) groups excluding carboxylic acids is 1. The number of nitrogens with zero attached hydrogens (tertiary/aromatic N) is 6. The molecule has 6 rings (SSSR count). The topological polar surface area (TPSA) is 116 Å². The van der Waals surface area contributed by atoms with E-state index in [0.717, 1.165) is 50.5 Å². The number of methoxy groups -OCH3 is 1. The van der Waals surface area contributed by atoms with Crippen molar-refractivity contribution < 1.29 is 13.9 Å². The van der Waals surface area contributed by atoms with Crippen LogP contribution in [0.5, 0.6) is 5.88 Å². The summed E-state index contributed by atoms with van der Waals surface area (Å²) in [5, 5.41) is 11.1. The van der Waals surface area contributed by atoms with Crippen LogP contribution in [0.3, 0.4) is 0 Å². The number of amides is 1. The molecule has 0 spiro atoms. The monoisotopic (exact) mass is 533 g/mol. The van der Waals surface area contributed by atoms with Crippen molar-refractivity contribution in [1.82, 2.24) is 34.5 Å². The summed E-state index contributed by atoms with van der Waals surface area (Å²) in [6.07, 6.45) is 7.52. The van der Waals surface area contributed by atoms with E-state index in [0.29, 0.717) is 34.4 Å². The van der Waals surface area contributed by atoms with Gasteiger partial charge in [0.25, 0.3) is 5.88 Å². The molecular formula is C27H32FN9O2.